The van der Waals surface area contributed by atoms with Gasteiger partial charge in [0.15, 0.2) is 0 Å². The fourth-order valence-corrected chi connectivity index (χ4v) is 2.45. The number of benzene rings is 1. The molecule has 1 aromatic heterocycles. The van der Waals surface area contributed by atoms with Crippen molar-refractivity contribution in [2.75, 3.05) is 6.26 Å². The molecule has 0 aliphatic rings. The molecule has 0 aliphatic carbocycles. The zero-order chi connectivity index (χ0) is 15.2. The SMILES string of the molecule is CSc1ccccc1Oc1cc(C)ncc1CNC(C)C. The Morgan fingerprint density at radius 1 is 1.24 bits per heavy atom. The molecule has 112 valence electrons. The van der Waals surface area contributed by atoms with Crippen LogP contribution in [-0.4, -0.2) is 17.3 Å². The summed E-state index contributed by atoms with van der Waals surface area (Å²) in [5.41, 5.74) is 2.03. The van der Waals surface area contributed by atoms with Gasteiger partial charge in [-0.2, -0.15) is 0 Å². The molecule has 0 fully saturated rings. The summed E-state index contributed by atoms with van der Waals surface area (Å²) in [4.78, 5) is 5.51. The van der Waals surface area contributed by atoms with Crippen molar-refractivity contribution in [2.45, 2.75) is 38.3 Å². The van der Waals surface area contributed by atoms with E-state index in [1.165, 1.54) is 0 Å². The molecule has 0 radical (unpaired) electrons. The highest BCUT2D eigenvalue weighted by Crippen LogP contribution is 2.32. The molecule has 0 amide bonds. The number of aryl methyl sites for hydroxylation is 1. The molecular weight excluding hydrogens is 280 g/mol. The smallest absolute Gasteiger partial charge is 0.140 e. The summed E-state index contributed by atoms with van der Waals surface area (Å²) in [7, 11) is 0. The van der Waals surface area contributed by atoms with E-state index in [0.717, 1.165) is 34.2 Å². The number of ether oxygens (including phenoxy) is 1. The van der Waals surface area contributed by atoms with Crippen LogP contribution in [-0.2, 0) is 6.54 Å². The molecule has 3 nitrogen and oxygen atoms in total. The monoisotopic (exact) mass is 302 g/mol. The maximum Gasteiger partial charge on any atom is 0.140 e. The van der Waals surface area contributed by atoms with Crippen LogP contribution in [0, 0.1) is 6.92 Å². The maximum atomic E-state index is 6.14. The Hall–Kier alpha value is -1.52. The summed E-state index contributed by atoms with van der Waals surface area (Å²) < 4.78 is 6.14. The number of rotatable bonds is 6. The highest BCUT2D eigenvalue weighted by Gasteiger charge is 2.09. The summed E-state index contributed by atoms with van der Waals surface area (Å²) >= 11 is 1.69. The molecule has 0 saturated heterocycles. The predicted octanol–water partition coefficient (Wildman–Crippen LogP) is 4.40. The standard InChI is InChI=1S/C17H22N2OS/c1-12(2)18-10-14-11-19-13(3)9-16(14)20-15-7-5-6-8-17(15)21-4/h5-9,11-12,18H,10H2,1-4H3. The van der Waals surface area contributed by atoms with E-state index in [0.29, 0.717) is 6.04 Å². The fraction of sp³-hybridized carbons (Fsp3) is 0.353. The molecule has 21 heavy (non-hydrogen) atoms. The first-order valence-corrected chi connectivity index (χ1v) is 8.32. The van der Waals surface area contributed by atoms with Crippen molar-refractivity contribution in [1.29, 1.82) is 0 Å². The average molecular weight is 302 g/mol. The third-order valence-corrected chi connectivity index (χ3v) is 3.85. The van der Waals surface area contributed by atoms with Gasteiger partial charge >= 0.3 is 0 Å². The van der Waals surface area contributed by atoms with E-state index in [4.69, 9.17) is 4.74 Å². The van der Waals surface area contributed by atoms with Crippen molar-refractivity contribution in [2.24, 2.45) is 0 Å². The summed E-state index contributed by atoms with van der Waals surface area (Å²) in [5.74, 6) is 1.76. The molecule has 0 atom stereocenters. The van der Waals surface area contributed by atoms with E-state index in [9.17, 15) is 0 Å². The Labute approximate surface area is 131 Å². The third kappa shape index (κ3) is 4.48. The number of hydrogen-bond donors (Lipinski definition) is 1. The molecule has 0 bridgehead atoms. The van der Waals surface area contributed by atoms with Crippen LogP contribution in [0.3, 0.4) is 0 Å². The lowest BCUT2D eigenvalue weighted by molar-refractivity contribution is 0.457. The number of thioether (sulfide) groups is 1. The first-order valence-electron chi connectivity index (χ1n) is 7.10. The van der Waals surface area contributed by atoms with Crippen LogP contribution in [0.5, 0.6) is 11.5 Å². The van der Waals surface area contributed by atoms with Crippen molar-refractivity contribution in [3.8, 4) is 11.5 Å². The Kier molecular flexibility index (Phi) is 5.65. The molecule has 4 heteroatoms. The Balaban J connectivity index is 2.27. The third-order valence-electron chi connectivity index (χ3n) is 3.07. The molecular formula is C17H22N2OS. The van der Waals surface area contributed by atoms with Gasteiger partial charge in [-0.3, -0.25) is 4.98 Å². The van der Waals surface area contributed by atoms with Gasteiger partial charge in [-0.15, -0.1) is 11.8 Å². The molecule has 0 aliphatic heterocycles. The maximum absolute atomic E-state index is 6.14. The van der Waals surface area contributed by atoms with Crippen LogP contribution in [0.4, 0.5) is 0 Å². The summed E-state index contributed by atoms with van der Waals surface area (Å²) in [6.07, 6.45) is 3.95. The minimum atomic E-state index is 0.428. The topological polar surface area (TPSA) is 34.1 Å². The molecule has 0 unspecified atom stereocenters. The van der Waals surface area contributed by atoms with Gasteiger partial charge in [0.1, 0.15) is 11.5 Å². The lowest BCUT2D eigenvalue weighted by Crippen LogP contribution is -2.22. The van der Waals surface area contributed by atoms with Gasteiger partial charge in [-0.25, -0.2) is 0 Å². The number of aromatic nitrogens is 1. The van der Waals surface area contributed by atoms with Gasteiger partial charge in [0.25, 0.3) is 0 Å². The molecule has 2 aromatic rings. The molecule has 0 spiro atoms. The van der Waals surface area contributed by atoms with E-state index in [-0.39, 0.29) is 0 Å². The van der Waals surface area contributed by atoms with Crippen LogP contribution in [0.2, 0.25) is 0 Å². The lowest BCUT2D eigenvalue weighted by Gasteiger charge is -2.15. The zero-order valence-electron chi connectivity index (χ0n) is 13.0. The normalized spacial score (nSPS) is 10.9. The van der Waals surface area contributed by atoms with Gasteiger partial charge < -0.3 is 10.1 Å². The van der Waals surface area contributed by atoms with Crippen LogP contribution < -0.4 is 10.1 Å². The molecule has 1 aromatic carbocycles. The first kappa shape index (κ1) is 15.9. The van der Waals surface area contributed by atoms with E-state index in [2.05, 4.69) is 36.5 Å². The van der Waals surface area contributed by atoms with Crippen molar-refractivity contribution >= 4 is 11.8 Å². The number of nitrogens with zero attached hydrogens (tertiary/aromatic N) is 1. The number of hydrogen-bond acceptors (Lipinski definition) is 4. The van der Waals surface area contributed by atoms with Crippen LogP contribution >= 0.6 is 11.8 Å². The van der Waals surface area contributed by atoms with E-state index in [1.807, 2.05) is 37.4 Å². The second kappa shape index (κ2) is 7.48. The fourth-order valence-electron chi connectivity index (χ4n) is 1.93. The van der Waals surface area contributed by atoms with Crippen molar-refractivity contribution < 1.29 is 4.74 Å². The van der Waals surface area contributed by atoms with Crippen molar-refractivity contribution in [1.82, 2.24) is 10.3 Å². The van der Waals surface area contributed by atoms with E-state index < -0.39 is 0 Å². The minimum absolute atomic E-state index is 0.428. The molecule has 1 heterocycles. The second-order valence-electron chi connectivity index (χ2n) is 5.22. The van der Waals surface area contributed by atoms with Gasteiger partial charge in [-0.1, -0.05) is 26.0 Å². The molecule has 2 rings (SSSR count). The first-order chi connectivity index (χ1) is 10.1. The largest absolute Gasteiger partial charge is 0.456 e. The molecule has 0 saturated carbocycles. The quantitative estimate of drug-likeness (QED) is 0.802. The van der Waals surface area contributed by atoms with Gasteiger partial charge in [-0.05, 0) is 25.3 Å². The van der Waals surface area contributed by atoms with Gasteiger partial charge in [0.05, 0.1) is 0 Å². The van der Waals surface area contributed by atoms with E-state index >= 15 is 0 Å². The number of nitrogens with one attached hydrogen (secondary N) is 1. The summed E-state index contributed by atoms with van der Waals surface area (Å²) in [6, 6.07) is 10.5. The average Bonchev–Trinajstić information content (AvgIpc) is 2.47. The van der Waals surface area contributed by atoms with Crippen molar-refractivity contribution in [3.05, 3.63) is 47.8 Å². The molecule has 1 N–H and O–H groups in total. The Bertz CT molecular complexity index is 599. The van der Waals surface area contributed by atoms with Gasteiger partial charge in [0, 0.05) is 41.0 Å². The van der Waals surface area contributed by atoms with E-state index in [1.54, 1.807) is 11.8 Å². The highest BCUT2D eigenvalue weighted by atomic mass is 32.2. The van der Waals surface area contributed by atoms with Gasteiger partial charge in [0.2, 0.25) is 0 Å². The highest BCUT2D eigenvalue weighted by molar-refractivity contribution is 7.98. The number of para-hydroxylation sites is 1. The van der Waals surface area contributed by atoms with Crippen LogP contribution in [0.1, 0.15) is 25.1 Å². The minimum Gasteiger partial charge on any atom is -0.456 e. The summed E-state index contributed by atoms with van der Waals surface area (Å²) in [5, 5.41) is 3.41. The second-order valence-corrected chi connectivity index (χ2v) is 6.07. The Morgan fingerprint density at radius 2 is 2.00 bits per heavy atom. The van der Waals surface area contributed by atoms with Crippen LogP contribution in [0.15, 0.2) is 41.4 Å². The Morgan fingerprint density at radius 3 is 2.71 bits per heavy atom. The lowest BCUT2D eigenvalue weighted by atomic mass is 10.2. The summed E-state index contributed by atoms with van der Waals surface area (Å²) in [6.45, 7) is 6.99. The predicted molar refractivity (Wildman–Crippen MR) is 89.2 cm³/mol. The van der Waals surface area contributed by atoms with Crippen LogP contribution in [0.25, 0.3) is 0 Å². The number of pyridine rings is 1. The zero-order valence-corrected chi connectivity index (χ0v) is 13.8. The van der Waals surface area contributed by atoms with Crippen molar-refractivity contribution in [3.63, 3.8) is 0 Å².